The van der Waals surface area contributed by atoms with E-state index in [0.717, 1.165) is 0 Å². The van der Waals surface area contributed by atoms with E-state index >= 15 is 0 Å². The Labute approximate surface area is 176 Å². The normalized spacial score (nSPS) is 13.2. The second kappa shape index (κ2) is 8.23. The van der Waals surface area contributed by atoms with Crippen LogP contribution in [0.5, 0.6) is 5.75 Å². The topological polar surface area (TPSA) is 93.2 Å². The second-order valence-corrected chi connectivity index (χ2v) is 9.34. The molecule has 158 valence electrons. The first-order chi connectivity index (χ1) is 14.0. The molecule has 0 saturated heterocycles. The van der Waals surface area contributed by atoms with Gasteiger partial charge in [-0.05, 0) is 13.8 Å². The largest absolute Gasteiger partial charge is 0.471 e. The summed E-state index contributed by atoms with van der Waals surface area (Å²) in [5.41, 5.74) is -4.68. The molecule has 0 bridgehead atoms. The van der Waals surface area contributed by atoms with E-state index in [9.17, 15) is 17.4 Å². The van der Waals surface area contributed by atoms with Crippen LogP contribution in [-0.4, -0.2) is 40.4 Å². The predicted octanol–water partition coefficient (Wildman–Crippen LogP) is 4.21. The zero-order chi connectivity index (χ0) is 22.1. The number of thioether (sulfide) groups is 1. The van der Waals surface area contributed by atoms with Gasteiger partial charge in [-0.2, -0.15) is 18.4 Å². The van der Waals surface area contributed by atoms with Crippen LogP contribution in [0.3, 0.4) is 0 Å². The number of rotatable bonds is 6. The van der Waals surface area contributed by atoms with Gasteiger partial charge >= 0.3 is 5.51 Å². The molecule has 0 spiro atoms. The van der Waals surface area contributed by atoms with Gasteiger partial charge in [0.25, 0.3) is 0 Å². The highest BCUT2D eigenvalue weighted by Gasteiger charge is 2.30. The summed E-state index contributed by atoms with van der Waals surface area (Å²) in [4.78, 5) is 12.8. The van der Waals surface area contributed by atoms with E-state index in [4.69, 9.17) is 10.00 Å². The molecule has 0 aliphatic heterocycles. The van der Waals surface area contributed by atoms with E-state index in [-0.39, 0.29) is 28.2 Å². The number of nitrogens with zero attached hydrogens (tertiary/aromatic N) is 5. The molecular weight excluding hydrogens is 439 g/mol. The molecule has 0 N–H and O–H groups in total. The summed E-state index contributed by atoms with van der Waals surface area (Å²) >= 11 is -0.330. The lowest BCUT2D eigenvalue weighted by atomic mass is 10.2. The number of nitriles is 1. The lowest BCUT2D eigenvalue weighted by Crippen LogP contribution is -2.25. The predicted molar refractivity (Wildman–Crippen MR) is 105 cm³/mol. The smallest absolute Gasteiger partial charge is 0.447 e. The third-order valence-corrected chi connectivity index (χ3v) is 5.75. The Morgan fingerprint density at radius 1 is 1.30 bits per heavy atom. The van der Waals surface area contributed by atoms with Crippen molar-refractivity contribution in [2.45, 2.75) is 41.8 Å². The summed E-state index contributed by atoms with van der Waals surface area (Å²) in [6.45, 7) is 4.91. The fourth-order valence-corrected chi connectivity index (χ4v) is 3.92. The van der Waals surface area contributed by atoms with Gasteiger partial charge in [-0.1, -0.05) is 6.92 Å². The van der Waals surface area contributed by atoms with Crippen molar-refractivity contribution in [2.24, 2.45) is 0 Å². The fourth-order valence-electron chi connectivity index (χ4n) is 2.48. The maximum Gasteiger partial charge on any atom is 0.447 e. The molecule has 7 nitrogen and oxygen atoms in total. The standard InChI is InChI=1S/C18H16F3N5O2S2/c1-4-30(27)13-5-11(28-17(2,3)9-22)7-23-16(13)12-8-26-10-24-15(6-14(26)25-12)29-18(19,20)21/h5-8,10H,4H2,1-3H3. The molecule has 30 heavy (non-hydrogen) atoms. The van der Waals surface area contributed by atoms with Crippen molar-refractivity contribution in [1.29, 1.82) is 5.26 Å². The molecular formula is C18H16F3N5O2S2. The summed E-state index contributed by atoms with van der Waals surface area (Å²) in [5.74, 6) is 0.581. The molecule has 0 radical (unpaired) electrons. The molecule has 1 atom stereocenters. The molecule has 0 aliphatic carbocycles. The molecule has 0 aromatic carbocycles. The van der Waals surface area contributed by atoms with Crippen LogP contribution >= 0.6 is 11.8 Å². The Kier molecular flexibility index (Phi) is 6.05. The van der Waals surface area contributed by atoms with E-state index in [1.54, 1.807) is 27.0 Å². The molecule has 3 aromatic heterocycles. The van der Waals surface area contributed by atoms with Gasteiger partial charge in [-0.25, -0.2) is 15.0 Å². The number of fused-ring (bicyclic) bond motifs is 1. The van der Waals surface area contributed by atoms with E-state index in [2.05, 4.69) is 15.0 Å². The average Bonchev–Trinajstić information content (AvgIpc) is 3.08. The Hall–Kier alpha value is -2.65. The van der Waals surface area contributed by atoms with Crippen LogP contribution < -0.4 is 4.74 Å². The van der Waals surface area contributed by atoms with Crippen LogP contribution in [0.4, 0.5) is 13.2 Å². The molecule has 0 aliphatic rings. The molecule has 3 aromatic rings. The Morgan fingerprint density at radius 3 is 2.67 bits per heavy atom. The summed E-state index contributed by atoms with van der Waals surface area (Å²) in [6.07, 6.45) is 4.16. The number of imidazole rings is 1. The molecule has 3 rings (SSSR count). The van der Waals surface area contributed by atoms with Gasteiger partial charge < -0.3 is 4.74 Å². The van der Waals surface area contributed by atoms with Crippen LogP contribution in [0.1, 0.15) is 20.8 Å². The summed E-state index contributed by atoms with van der Waals surface area (Å²) in [6, 6.07) is 4.76. The fraction of sp³-hybridized carbons (Fsp3) is 0.333. The Morgan fingerprint density at radius 2 is 2.03 bits per heavy atom. The zero-order valence-electron chi connectivity index (χ0n) is 16.1. The first-order valence-corrected chi connectivity index (χ1v) is 10.7. The summed E-state index contributed by atoms with van der Waals surface area (Å²) in [5, 5.41) is 8.90. The van der Waals surface area contributed by atoms with Crippen molar-refractivity contribution in [3.05, 3.63) is 30.9 Å². The van der Waals surface area contributed by atoms with Crippen molar-refractivity contribution >= 4 is 28.2 Å². The highest BCUT2D eigenvalue weighted by Crippen LogP contribution is 2.36. The van der Waals surface area contributed by atoms with Gasteiger partial charge in [-0.3, -0.25) is 8.61 Å². The van der Waals surface area contributed by atoms with Gasteiger partial charge in [0.1, 0.15) is 40.2 Å². The number of aromatic nitrogens is 4. The number of pyridine rings is 1. The highest BCUT2D eigenvalue weighted by molar-refractivity contribution is 8.00. The minimum atomic E-state index is -4.46. The van der Waals surface area contributed by atoms with Crippen LogP contribution in [0, 0.1) is 11.3 Å². The average molecular weight is 455 g/mol. The monoisotopic (exact) mass is 455 g/mol. The van der Waals surface area contributed by atoms with Gasteiger partial charge in [-0.15, -0.1) is 0 Å². The van der Waals surface area contributed by atoms with Crippen molar-refractivity contribution in [1.82, 2.24) is 19.4 Å². The van der Waals surface area contributed by atoms with E-state index in [1.807, 2.05) is 6.07 Å². The van der Waals surface area contributed by atoms with Crippen LogP contribution in [-0.2, 0) is 10.8 Å². The number of hydrogen-bond acceptors (Lipinski definition) is 7. The summed E-state index contributed by atoms with van der Waals surface area (Å²) in [7, 11) is -1.43. The summed E-state index contributed by atoms with van der Waals surface area (Å²) < 4.78 is 57.4. The number of halogens is 3. The molecule has 0 amide bonds. The van der Waals surface area contributed by atoms with Crippen molar-refractivity contribution < 1.29 is 22.1 Å². The molecule has 0 fully saturated rings. The molecule has 1 unspecified atom stereocenters. The number of alkyl halides is 3. The SMILES string of the molecule is CCS(=O)c1cc(OC(C)(C)C#N)cnc1-c1cn2cnc(SC(F)(F)F)cc2n1. The number of ether oxygens (including phenoxy) is 1. The maximum atomic E-state index is 12.6. The first kappa shape index (κ1) is 22.0. The Bertz CT molecular complexity index is 1150. The van der Waals surface area contributed by atoms with E-state index < -0.39 is 21.9 Å². The third kappa shape index (κ3) is 5.09. The van der Waals surface area contributed by atoms with Crippen molar-refractivity contribution in [3.8, 4) is 23.2 Å². The zero-order valence-corrected chi connectivity index (χ0v) is 17.7. The molecule has 0 saturated carbocycles. The minimum absolute atomic E-state index is 0.236. The first-order valence-electron chi connectivity index (χ1n) is 8.61. The van der Waals surface area contributed by atoms with Gasteiger partial charge in [0, 0.05) is 35.8 Å². The van der Waals surface area contributed by atoms with Crippen LogP contribution in [0.25, 0.3) is 17.0 Å². The van der Waals surface area contributed by atoms with Gasteiger partial charge in [0.15, 0.2) is 5.60 Å². The Balaban J connectivity index is 2.04. The quantitative estimate of drug-likeness (QED) is 0.406. The highest BCUT2D eigenvalue weighted by atomic mass is 32.2. The minimum Gasteiger partial charge on any atom is -0.471 e. The maximum absolute atomic E-state index is 12.6. The lowest BCUT2D eigenvalue weighted by molar-refractivity contribution is -0.0329. The second-order valence-electron chi connectivity index (χ2n) is 6.54. The van der Waals surface area contributed by atoms with Crippen LogP contribution in [0.2, 0.25) is 0 Å². The van der Waals surface area contributed by atoms with Gasteiger partial charge in [0.05, 0.1) is 21.9 Å². The third-order valence-electron chi connectivity index (χ3n) is 3.76. The number of hydrogen-bond donors (Lipinski definition) is 0. The van der Waals surface area contributed by atoms with Crippen molar-refractivity contribution in [3.63, 3.8) is 0 Å². The molecule has 12 heteroatoms. The van der Waals surface area contributed by atoms with Crippen molar-refractivity contribution in [2.75, 3.05) is 5.75 Å². The molecule has 3 heterocycles. The van der Waals surface area contributed by atoms with E-state index in [1.165, 1.54) is 29.1 Å². The lowest BCUT2D eigenvalue weighted by Gasteiger charge is -2.18. The van der Waals surface area contributed by atoms with Crippen LogP contribution in [0.15, 0.2) is 40.8 Å². The van der Waals surface area contributed by atoms with E-state index in [0.29, 0.717) is 22.0 Å². The van der Waals surface area contributed by atoms with Gasteiger partial charge in [0.2, 0.25) is 0 Å².